The number of benzene rings is 1. The third kappa shape index (κ3) is 5.50. The Hall–Kier alpha value is -1.86. The van der Waals surface area contributed by atoms with E-state index in [0.29, 0.717) is 6.61 Å². The number of amides is 1. The van der Waals surface area contributed by atoms with Crippen molar-refractivity contribution in [2.75, 3.05) is 18.5 Å². The number of hydrogen-bond donors (Lipinski definition) is 2. The zero-order valence-corrected chi connectivity index (χ0v) is 14.4. The summed E-state index contributed by atoms with van der Waals surface area (Å²) >= 11 is 4.91. The number of carbonyl (C=O) groups is 1. The molecule has 1 amide bonds. The van der Waals surface area contributed by atoms with Gasteiger partial charge in [-0.1, -0.05) is 0 Å². The van der Waals surface area contributed by atoms with Crippen LogP contribution >= 0.6 is 27.3 Å². The van der Waals surface area contributed by atoms with Crippen LogP contribution in [0.4, 0.5) is 5.69 Å². The Morgan fingerprint density at radius 2 is 2.09 bits per heavy atom. The van der Waals surface area contributed by atoms with Crippen LogP contribution in [-0.4, -0.2) is 25.3 Å². The summed E-state index contributed by atoms with van der Waals surface area (Å²) in [6.07, 6.45) is 1.62. The van der Waals surface area contributed by atoms with Crippen molar-refractivity contribution in [3.63, 3.8) is 0 Å². The highest BCUT2D eigenvalue weighted by Crippen LogP contribution is 2.20. The smallest absolute Gasteiger partial charge is 0.259 e. The van der Waals surface area contributed by atoms with E-state index in [1.54, 1.807) is 17.6 Å². The average Bonchev–Trinajstić information content (AvgIpc) is 2.92. The molecule has 0 aliphatic carbocycles. The SMILES string of the molecule is CCOc1ccc(NCC(=O)N/N=C/c2ccc(Br)s2)cc1. The van der Waals surface area contributed by atoms with Crippen LogP contribution < -0.4 is 15.5 Å². The average molecular weight is 382 g/mol. The third-order valence-corrected chi connectivity index (χ3v) is 4.15. The molecule has 2 aromatic rings. The van der Waals surface area contributed by atoms with Gasteiger partial charge in [-0.2, -0.15) is 5.10 Å². The Kier molecular flexibility index (Phi) is 6.42. The number of rotatable bonds is 7. The number of halogens is 1. The van der Waals surface area contributed by atoms with Gasteiger partial charge in [0.1, 0.15) is 5.75 Å². The Morgan fingerprint density at radius 1 is 1.32 bits per heavy atom. The van der Waals surface area contributed by atoms with Crippen LogP contribution in [0.15, 0.2) is 45.3 Å². The maximum Gasteiger partial charge on any atom is 0.259 e. The summed E-state index contributed by atoms with van der Waals surface area (Å²) in [5.41, 5.74) is 3.33. The molecule has 0 saturated heterocycles. The number of thiophene rings is 1. The lowest BCUT2D eigenvalue weighted by molar-refractivity contribution is -0.119. The summed E-state index contributed by atoms with van der Waals surface area (Å²) in [5.74, 6) is 0.602. The minimum Gasteiger partial charge on any atom is -0.494 e. The zero-order chi connectivity index (χ0) is 15.8. The van der Waals surface area contributed by atoms with Gasteiger partial charge in [0.2, 0.25) is 0 Å². The van der Waals surface area contributed by atoms with E-state index in [-0.39, 0.29) is 12.5 Å². The number of nitrogens with one attached hydrogen (secondary N) is 2. The van der Waals surface area contributed by atoms with E-state index in [1.807, 2.05) is 43.3 Å². The van der Waals surface area contributed by atoms with Crippen molar-refractivity contribution < 1.29 is 9.53 Å². The van der Waals surface area contributed by atoms with Crippen molar-refractivity contribution in [1.29, 1.82) is 0 Å². The van der Waals surface area contributed by atoms with Crippen LogP contribution in [0.25, 0.3) is 0 Å². The van der Waals surface area contributed by atoms with Crippen molar-refractivity contribution in [2.24, 2.45) is 5.10 Å². The summed E-state index contributed by atoms with van der Waals surface area (Å²) in [5, 5.41) is 6.93. The minimum atomic E-state index is -0.208. The number of anilines is 1. The second kappa shape index (κ2) is 8.55. The lowest BCUT2D eigenvalue weighted by atomic mass is 10.3. The Morgan fingerprint density at radius 3 is 2.73 bits per heavy atom. The standard InChI is InChI=1S/C15H16BrN3O2S/c1-2-21-12-5-3-11(4-6-12)17-10-15(20)19-18-9-13-7-8-14(16)22-13/h3-9,17H,2,10H2,1H3,(H,19,20)/b18-9+. The largest absolute Gasteiger partial charge is 0.494 e. The second-order valence-corrected chi connectivity index (χ2v) is 6.74. The molecule has 0 bridgehead atoms. The normalized spacial score (nSPS) is 10.6. The van der Waals surface area contributed by atoms with Crippen molar-refractivity contribution in [3.05, 3.63) is 45.1 Å². The first-order valence-corrected chi connectivity index (χ1v) is 8.32. The number of hydrogen-bond acceptors (Lipinski definition) is 5. The minimum absolute atomic E-state index is 0.152. The number of hydrazone groups is 1. The van der Waals surface area contributed by atoms with Crippen molar-refractivity contribution in [1.82, 2.24) is 5.43 Å². The molecule has 0 aliphatic heterocycles. The van der Waals surface area contributed by atoms with E-state index >= 15 is 0 Å². The van der Waals surface area contributed by atoms with Gasteiger partial charge in [-0.25, -0.2) is 5.43 Å². The fourth-order valence-corrected chi connectivity index (χ4v) is 2.92. The Balaban J connectivity index is 1.74. The summed E-state index contributed by atoms with van der Waals surface area (Å²) in [6.45, 7) is 2.72. The van der Waals surface area contributed by atoms with Crippen LogP contribution in [0.1, 0.15) is 11.8 Å². The van der Waals surface area contributed by atoms with Gasteiger partial charge in [0, 0.05) is 10.6 Å². The van der Waals surface area contributed by atoms with E-state index < -0.39 is 0 Å². The first-order valence-electron chi connectivity index (χ1n) is 6.71. The van der Waals surface area contributed by atoms with Gasteiger partial charge in [-0.15, -0.1) is 11.3 Å². The number of carbonyl (C=O) groups excluding carboxylic acids is 1. The molecule has 0 atom stereocenters. The molecular formula is C15H16BrN3O2S. The van der Waals surface area contributed by atoms with Gasteiger partial charge in [-0.3, -0.25) is 4.79 Å². The van der Waals surface area contributed by atoms with E-state index in [9.17, 15) is 4.79 Å². The summed E-state index contributed by atoms with van der Waals surface area (Å²) in [6, 6.07) is 11.3. The molecule has 0 fully saturated rings. The van der Waals surface area contributed by atoms with E-state index in [2.05, 4.69) is 31.8 Å². The number of ether oxygens (including phenoxy) is 1. The van der Waals surface area contributed by atoms with Crippen molar-refractivity contribution in [3.8, 4) is 5.75 Å². The van der Waals surface area contributed by atoms with Crippen LogP contribution in [0.3, 0.4) is 0 Å². The maximum atomic E-state index is 11.7. The Bertz CT molecular complexity index is 640. The molecule has 0 aliphatic rings. The predicted molar refractivity (Wildman–Crippen MR) is 93.9 cm³/mol. The monoisotopic (exact) mass is 381 g/mol. The van der Waals surface area contributed by atoms with E-state index in [1.165, 1.54) is 0 Å². The van der Waals surface area contributed by atoms with Gasteiger partial charge < -0.3 is 10.1 Å². The Labute approximate surface area is 141 Å². The molecule has 2 rings (SSSR count). The topological polar surface area (TPSA) is 62.7 Å². The fourth-order valence-electron chi connectivity index (χ4n) is 1.62. The highest BCUT2D eigenvalue weighted by molar-refractivity contribution is 9.11. The van der Waals surface area contributed by atoms with Crippen LogP contribution in [-0.2, 0) is 4.79 Å². The van der Waals surface area contributed by atoms with Gasteiger partial charge in [0.05, 0.1) is 23.2 Å². The highest BCUT2D eigenvalue weighted by atomic mass is 79.9. The molecule has 0 unspecified atom stereocenters. The maximum absolute atomic E-state index is 11.7. The van der Waals surface area contributed by atoms with Crippen LogP contribution in [0, 0.1) is 0 Å². The first-order chi connectivity index (χ1) is 10.7. The molecule has 1 heterocycles. The lowest BCUT2D eigenvalue weighted by Gasteiger charge is -2.07. The molecule has 5 nitrogen and oxygen atoms in total. The summed E-state index contributed by atoms with van der Waals surface area (Å²) in [7, 11) is 0. The highest BCUT2D eigenvalue weighted by Gasteiger charge is 2.00. The lowest BCUT2D eigenvalue weighted by Crippen LogP contribution is -2.25. The fraction of sp³-hybridized carbons (Fsp3) is 0.200. The van der Waals surface area contributed by atoms with E-state index in [0.717, 1.165) is 20.1 Å². The second-order valence-electron chi connectivity index (χ2n) is 4.25. The summed E-state index contributed by atoms with van der Waals surface area (Å²) in [4.78, 5) is 12.6. The zero-order valence-electron chi connectivity index (χ0n) is 12.0. The van der Waals surface area contributed by atoms with Gasteiger partial charge >= 0.3 is 0 Å². The molecular weight excluding hydrogens is 366 g/mol. The molecule has 1 aromatic heterocycles. The van der Waals surface area contributed by atoms with Crippen molar-refractivity contribution >= 4 is 45.1 Å². The van der Waals surface area contributed by atoms with Gasteiger partial charge in [-0.05, 0) is 59.3 Å². The van der Waals surface area contributed by atoms with Gasteiger partial charge in [0.15, 0.2) is 0 Å². The third-order valence-electron chi connectivity index (χ3n) is 2.59. The summed E-state index contributed by atoms with van der Waals surface area (Å²) < 4.78 is 6.38. The number of nitrogens with zero attached hydrogens (tertiary/aromatic N) is 1. The molecule has 1 aromatic carbocycles. The molecule has 116 valence electrons. The molecule has 0 saturated carbocycles. The predicted octanol–water partition coefficient (Wildman–Crippen LogP) is 3.47. The van der Waals surface area contributed by atoms with Gasteiger partial charge in [0.25, 0.3) is 5.91 Å². The quantitative estimate of drug-likeness (QED) is 0.570. The van der Waals surface area contributed by atoms with Crippen LogP contribution in [0.2, 0.25) is 0 Å². The van der Waals surface area contributed by atoms with Crippen molar-refractivity contribution in [2.45, 2.75) is 6.92 Å². The first kappa shape index (κ1) is 16.5. The molecule has 0 radical (unpaired) electrons. The van der Waals surface area contributed by atoms with Crippen LogP contribution in [0.5, 0.6) is 5.75 Å². The molecule has 0 spiro atoms. The molecule has 22 heavy (non-hydrogen) atoms. The molecule has 2 N–H and O–H groups in total. The molecule has 7 heteroatoms. The van der Waals surface area contributed by atoms with E-state index in [4.69, 9.17) is 4.74 Å².